The highest BCUT2D eigenvalue weighted by atomic mass is 19.1. The Morgan fingerprint density at radius 1 is 1.24 bits per heavy atom. The minimum absolute atomic E-state index is 0.0481. The van der Waals surface area contributed by atoms with Crippen molar-refractivity contribution in [2.24, 2.45) is 0 Å². The molecule has 1 aliphatic heterocycles. The lowest BCUT2D eigenvalue weighted by atomic mass is 10.0. The van der Waals surface area contributed by atoms with Crippen molar-refractivity contribution < 1.29 is 13.9 Å². The summed E-state index contributed by atoms with van der Waals surface area (Å²) in [5.74, 6) is -0.214. The molecule has 0 aromatic heterocycles. The molecule has 1 fully saturated rings. The van der Waals surface area contributed by atoms with Crippen molar-refractivity contribution in [3.8, 4) is 0 Å². The van der Waals surface area contributed by atoms with Gasteiger partial charge in [0.1, 0.15) is 5.82 Å². The van der Waals surface area contributed by atoms with Crippen molar-refractivity contribution in [1.82, 2.24) is 5.32 Å². The van der Waals surface area contributed by atoms with E-state index < -0.39 is 0 Å². The van der Waals surface area contributed by atoms with Crippen LogP contribution in [-0.2, 0) is 9.47 Å². The smallest absolute Gasteiger partial charge is 0.123 e. The number of benzene rings is 1. The second-order valence-electron chi connectivity index (χ2n) is 5.83. The predicted molar refractivity (Wildman–Crippen MR) is 81.8 cm³/mol. The van der Waals surface area contributed by atoms with Gasteiger partial charge in [-0.15, -0.1) is 0 Å². The standard InChI is InChI=1S/C17H26FNO2/c1-4-19-11-17(14-5-7-15(18)8-6-14)21-16-9-12(2)20-13(3)10-16/h5-8,12-13,16-17,19H,4,9-11H2,1-3H3. The van der Waals surface area contributed by atoms with Crippen LogP contribution in [0.2, 0.25) is 0 Å². The van der Waals surface area contributed by atoms with Gasteiger partial charge in [-0.3, -0.25) is 0 Å². The second kappa shape index (κ2) is 7.87. The summed E-state index contributed by atoms with van der Waals surface area (Å²) in [6, 6.07) is 6.60. The van der Waals surface area contributed by atoms with Crippen molar-refractivity contribution in [3.05, 3.63) is 35.6 Å². The Kier molecular flexibility index (Phi) is 6.15. The summed E-state index contributed by atoms with van der Waals surface area (Å²) in [4.78, 5) is 0. The molecule has 1 aromatic rings. The second-order valence-corrected chi connectivity index (χ2v) is 5.83. The molecule has 1 N–H and O–H groups in total. The van der Waals surface area contributed by atoms with Gasteiger partial charge in [0, 0.05) is 6.54 Å². The minimum Gasteiger partial charge on any atom is -0.375 e. The molecule has 0 spiro atoms. The number of ether oxygens (including phenoxy) is 2. The zero-order valence-electron chi connectivity index (χ0n) is 13.1. The van der Waals surface area contributed by atoms with Crippen LogP contribution in [0.3, 0.4) is 0 Å². The maximum Gasteiger partial charge on any atom is 0.123 e. The normalized spacial score (nSPS) is 27.5. The van der Waals surface area contributed by atoms with Gasteiger partial charge in [-0.05, 0) is 50.9 Å². The van der Waals surface area contributed by atoms with Crippen molar-refractivity contribution in [3.63, 3.8) is 0 Å². The first-order valence-electron chi connectivity index (χ1n) is 7.85. The van der Waals surface area contributed by atoms with Crippen LogP contribution in [0, 0.1) is 5.82 Å². The van der Waals surface area contributed by atoms with Gasteiger partial charge in [-0.25, -0.2) is 4.39 Å². The molecular formula is C17H26FNO2. The van der Waals surface area contributed by atoms with Gasteiger partial charge in [0.25, 0.3) is 0 Å². The van der Waals surface area contributed by atoms with E-state index in [2.05, 4.69) is 26.1 Å². The number of hydrogen-bond donors (Lipinski definition) is 1. The molecule has 0 amide bonds. The third kappa shape index (κ3) is 5.06. The molecule has 2 rings (SSSR count). The van der Waals surface area contributed by atoms with E-state index in [1.165, 1.54) is 12.1 Å². The zero-order valence-corrected chi connectivity index (χ0v) is 13.1. The molecule has 21 heavy (non-hydrogen) atoms. The number of rotatable bonds is 6. The molecule has 3 unspecified atom stereocenters. The first-order valence-corrected chi connectivity index (χ1v) is 7.85. The Labute approximate surface area is 126 Å². The third-order valence-corrected chi connectivity index (χ3v) is 3.83. The average Bonchev–Trinajstić information content (AvgIpc) is 2.43. The van der Waals surface area contributed by atoms with E-state index in [1.54, 1.807) is 0 Å². The van der Waals surface area contributed by atoms with Crippen LogP contribution in [0.4, 0.5) is 4.39 Å². The topological polar surface area (TPSA) is 30.5 Å². The van der Waals surface area contributed by atoms with E-state index in [1.807, 2.05) is 12.1 Å². The average molecular weight is 295 g/mol. The van der Waals surface area contributed by atoms with E-state index >= 15 is 0 Å². The molecule has 1 saturated heterocycles. The molecule has 3 atom stereocenters. The number of hydrogen-bond acceptors (Lipinski definition) is 3. The van der Waals surface area contributed by atoms with Crippen LogP contribution in [0.5, 0.6) is 0 Å². The van der Waals surface area contributed by atoms with Gasteiger partial charge in [0.2, 0.25) is 0 Å². The lowest BCUT2D eigenvalue weighted by molar-refractivity contribution is -0.122. The van der Waals surface area contributed by atoms with E-state index in [0.717, 1.165) is 31.5 Å². The highest BCUT2D eigenvalue weighted by molar-refractivity contribution is 5.19. The third-order valence-electron chi connectivity index (χ3n) is 3.83. The fourth-order valence-electron chi connectivity index (χ4n) is 2.89. The molecule has 0 bridgehead atoms. The predicted octanol–water partition coefficient (Wildman–Crippen LogP) is 3.45. The summed E-state index contributed by atoms with van der Waals surface area (Å²) in [5.41, 5.74) is 1.02. The van der Waals surface area contributed by atoms with E-state index in [9.17, 15) is 4.39 Å². The quantitative estimate of drug-likeness (QED) is 0.872. The fraction of sp³-hybridized carbons (Fsp3) is 0.647. The van der Waals surface area contributed by atoms with Crippen molar-refractivity contribution in [2.45, 2.75) is 58.0 Å². The molecule has 3 nitrogen and oxygen atoms in total. The van der Waals surface area contributed by atoms with Gasteiger partial charge in [-0.1, -0.05) is 19.1 Å². The Morgan fingerprint density at radius 3 is 2.43 bits per heavy atom. The molecule has 1 aromatic carbocycles. The van der Waals surface area contributed by atoms with E-state index in [0.29, 0.717) is 0 Å². The van der Waals surface area contributed by atoms with Crippen molar-refractivity contribution >= 4 is 0 Å². The van der Waals surface area contributed by atoms with Crippen molar-refractivity contribution in [2.75, 3.05) is 13.1 Å². The molecule has 0 aliphatic carbocycles. The van der Waals surface area contributed by atoms with E-state index in [4.69, 9.17) is 9.47 Å². The van der Waals surface area contributed by atoms with Crippen LogP contribution in [0.1, 0.15) is 45.3 Å². The monoisotopic (exact) mass is 295 g/mol. The van der Waals surface area contributed by atoms with Gasteiger partial charge in [-0.2, -0.15) is 0 Å². The SMILES string of the molecule is CCNCC(OC1CC(C)OC(C)C1)c1ccc(F)cc1. The van der Waals surface area contributed by atoms with Crippen LogP contribution in [0.15, 0.2) is 24.3 Å². The van der Waals surface area contributed by atoms with Crippen LogP contribution < -0.4 is 5.32 Å². The summed E-state index contributed by atoms with van der Waals surface area (Å²) in [5, 5.41) is 3.32. The summed E-state index contributed by atoms with van der Waals surface area (Å²) in [6.07, 6.45) is 2.42. The van der Waals surface area contributed by atoms with Gasteiger partial charge in [0.05, 0.1) is 24.4 Å². The van der Waals surface area contributed by atoms with Gasteiger partial charge >= 0.3 is 0 Å². The van der Waals surface area contributed by atoms with Crippen molar-refractivity contribution in [1.29, 1.82) is 0 Å². The minimum atomic E-state index is -0.214. The first kappa shape index (κ1) is 16.4. The molecule has 0 saturated carbocycles. The Morgan fingerprint density at radius 2 is 1.86 bits per heavy atom. The Balaban J connectivity index is 2.03. The fourth-order valence-corrected chi connectivity index (χ4v) is 2.89. The highest BCUT2D eigenvalue weighted by Crippen LogP contribution is 2.27. The van der Waals surface area contributed by atoms with Crippen LogP contribution in [0.25, 0.3) is 0 Å². The lowest BCUT2D eigenvalue weighted by Crippen LogP contribution is -2.36. The summed E-state index contributed by atoms with van der Waals surface area (Å²) in [6.45, 7) is 7.87. The molecule has 118 valence electrons. The van der Waals surface area contributed by atoms with Crippen LogP contribution in [-0.4, -0.2) is 31.4 Å². The van der Waals surface area contributed by atoms with E-state index in [-0.39, 0.29) is 30.2 Å². The maximum atomic E-state index is 13.1. The molecule has 4 heteroatoms. The molecule has 0 radical (unpaired) electrons. The largest absolute Gasteiger partial charge is 0.375 e. The van der Waals surface area contributed by atoms with Crippen LogP contribution >= 0.6 is 0 Å². The lowest BCUT2D eigenvalue weighted by Gasteiger charge is -2.34. The van der Waals surface area contributed by atoms with Gasteiger partial charge in [0.15, 0.2) is 0 Å². The summed E-state index contributed by atoms with van der Waals surface area (Å²) in [7, 11) is 0. The highest BCUT2D eigenvalue weighted by Gasteiger charge is 2.27. The molecule has 1 aliphatic rings. The Bertz CT molecular complexity index is 413. The summed E-state index contributed by atoms with van der Waals surface area (Å²) >= 11 is 0. The molecule has 1 heterocycles. The maximum absolute atomic E-state index is 13.1. The number of likely N-dealkylation sites (N-methyl/N-ethyl adjacent to an activating group) is 1. The zero-order chi connectivity index (χ0) is 15.2. The summed E-state index contributed by atoms with van der Waals surface area (Å²) < 4.78 is 25.1. The molecular weight excluding hydrogens is 269 g/mol. The van der Waals surface area contributed by atoms with Gasteiger partial charge < -0.3 is 14.8 Å². The first-order chi connectivity index (χ1) is 10.1. The Hall–Kier alpha value is -0.970. The number of nitrogens with one attached hydrogen (secondary N) is 1. The number of halogens is 1.